The van der Waals surface area contributed by atoms with Crippen molar-refractivity contribution < 1.29 is 4.79 Å². The van der Waals surface area contributed by atoms with Crippen molar-refractivity contribution in [1.82, 2.24) is 9.97 Å². The lowest BCUT2D eigenvalue weighted by Crippen LogP contribution is -2.15. The Hall–Kier alpha value is -1.83. The summed E-state index contributed by atoms with van der Waals surface area (Å²) in [6.45, 7) is 3.77. The molecule has 0 radical (unpaired) electrons. The Labute approximate surface area is 151 Å². The van der Waals surface area contributed by atoms with Crippen LogP contribution in [-0.4, -0.2) is 21.6 Å². The number of H-pyrrole nitrogens is 1. The third kappa shape index (κ3) is 3.63. The molecule has 0 aliphatic carbocycles. The van der Waals surface area contributed by atoms with Crippen LogP contribution in [0.25, 0.3) is 10.2 Å². The van der Waals surface area contributed by atoms with Crippen LogP contribution in [0.1, 0.15) is 11.1 Å². The number of fused-ring (bicyclic) bond motifs is 1. The second kappa shape index (κ2) is 6.96. The van der Waals surface area contributed by atoms with E-state index >= 15 is 0 Å². The van der Waals surface area contributed by atoms with Gasteiger partial charge in [-0.3, -0.25) is 9.59 Å². The molecule has 3 aromatic rings. The van der Waals surface area contributed by atoms with Crippen LogP contribution in [-0.2, 0) is 4.79 Å². The lowest BCUT2D eigenvalue weighted by Gasteiger charge is -2.06. The number of aryl methyl sites for hydroxylation is 2. The predicted molar refractivity (Wildman–Crippen MR) is 101 cm³/mol. The van der Waals surface area contributed by atoms with E-state index in [4.69, 9.17) is 11.6 Å². The minimum atomic E-state index is -0.190. The first-order chi connectivity index (χ1) is 11.4. The standard InChI is InChI=1S/C16H14ClN3O2S2/c1-8-3-4-10(5-11(8)17)18-12(21)7-24-16-19-14(22)13-9(2)6-23-15(13)20-16/h3-6H,7H2,1-2H3,(H,18,21)(H,19,20,22). The Balaban J connectivity index is 1.68. The highest BCUT2D eigenvalue weighted by Gasteiger charge is 2.11. The van der Waals surface area contributed by atoms with Crippen molar-refractivity contribution in [2.24, 2.45) is 0 Å². The number of aromatic amines is 1. The Kier molecular flexibility index (Phi) is 4.93. The first-order valence-corrected chi connectivity index (χ1v) is 9.35. The number of thioether (sulfide) groups is 1. The fourth-order valence-corrected chi connectivity index (χ4v) is 3.96. The van der Waals surface area contributed by atoms with E-state index in [-0.39, 0.29) is 17.2 Å². The zero-order valence-corrected chi connectivity index (χ0v) is 15.4. The first-order valence-electron chi connectivity index (χ1n) is 7.11. The summed E-state index contributed by atoms with van der Waals surface area (Å²) in [5, 5.41) is 6.33. The zero-order chi connectivity index (χ0) is 17.3. The normalized spacial score (nSPS) is 11.0. The van der Waals surface area contributed by atoms with Crippen LogP contribution in [0.4, 0.5) is 5.69 Å². The summed E-state index contributed by atoms with van der Waals surface area (Å²) in [6, 6.07) is 5.35. The highest BCUT2D eigenvalue weighted by Crippen LogP contribution is 2.23. The van der Waals surface area contributed by atoms with E-state index in [9.17, 15) is 9.59 Å². The Morgan fingerprint density at radius 3 is 2.92 bits per heavy atom. The molecule has 2 aromatic heterocycles. The van der Waals surface area contributed by atoms with Crippen molar-refractivity contribution in [1.29, 1.82) is 0 Å². The summed E-state index contributed by atoms with van der Waals surface area (Å²) >= 11 is 8.65. The van der Waals surface area contributed by atoms with Crippen LogP contribution in [0.2, 0.25) is 5.02 Å². The van der Waals surface area contributed by atoms with Crippen LogP contribution >= 0.6 is 34.7 Å². The molecular weight excluding hydrogens is 366 g/mol. The number of aromatic nitrogens is 2. The molecule has 0 aliphatic heterocycles. The number of nitrogens with zero attached hydrogens (tertiary/aromatic N) is 1. The summed E-state index contributed by atoms with van der Waals surface area (Å²) in [4.78, 5) is 31.9. The van der Waals surface area contributed by atoms with Gasteiger partial charge in [0.25, 0.3) is 5.56 Å². The number of carbonyl (C=O) groups excluding carboxylic acids is 1. The van der Waals surface area contributed by atoms with Crippen molar-refractivity contribution >= 4 is 56.5 Å². The molecule has 0 spiro atoms. The molecule has 124 valence electrons. The van der Waals surface area contributed by atoms with E-state index in [1.807, 2.05) is 25.3 Å². The number of thiophene rings is 1. The van der Waals surface area contributed by atoms with Gasteiger partial charge in [0.05, 0.1) is 11.1 Å². The largest absolute Gasteiger partial charge is 0.325 e. The maximum absolute atomic E-state index is 12.1. The monoisotopic (exact) mass is 379 g/mol. The second-order valence-electron chi connectivity index (χ2n) is 5.27. The summed E-state index contributed by atoms with van der Waals surface area (Å²) < 4.78 is 0. The number of anilines is 1. The molecule has 0 aliphatic rings. The molecule has 0 atom stereocenters. The molecule has 0 saturated heterocycles. The number of carbonyl (C=O) groups is 1. The third-order valence-corrected chi connectivity index (χ3v) is 5.67. The van der Waals surface area contributed by atoms with E-state index < -0.39 is 0 Å². The third-order valence-electron chi connectivity index (χ3n) is 3.40. The molecule has 8 heteroatoms. The first kappa shape index (κ1) is 17.0. The molecule has 0 unspecified atom stereocenters. The average Bonchev–Trinajstić information content (AvgIpc) is 2.91. The summed E-state index contributed by atoms with van der Waals surface area (Å²) in [7, 11) is 0. The Bertz CT molecular complexity index is 981. The van der Waals surface area contributed by atoms with Gasteiger partial charge in [-0.2, -0.15) is 0 Å². The van der Waals surface area contributed by atoms with E-state index in [2.05, 4.69) is 15.3 Å². The van der Waals surface area contributed by atoms with Crippen LogP contribution in [0.15, 0.2) is 33.5 Å². The minimum Gasteiger partial charge on any atom is -0.325 e. The molecule has 2 heterocycles. The molecule has 0 saturated carbocycles. The quantitative estimate of drug-likeness (QED) is 0.531. The van der Waals surface area contributed by atoms with Gasteiger partial charge in [0.2, 0.25) is 5.91 Å². The maximum Gasteiger partial charge on any atom is 0.260 e. The van der Waals surface area contributed by atoms with Crippen LogP contribution < -0.4 is 10.9 Å². The topological polar surface area (TPSA) is 74.8 Å². The van der Waals surface area contributed by atoms with Gasteiger partial charge in [-0.25, -0.2) is 4.98 Å². The Morgan fingerprint density at radius 2 is 2.17 bits per heavy atom. The van der Waals surface area contributed by atoms with E-state index in [1.54, 1.807) is 12.1 Å². The smallest absolute Gasteiger partial charge is 0.260 e. The summed E-state index contributed by atoms with van der Waals surface area (Å²) in [6.07, 6.45) is 0. The number of nitrogens with one attached hydrogen (secondary N) is 2. The predicted octanol–water partition coefficient (Wildman–Crippen LogP) is 3.99. The maximum atomic E-state index is 12.1. The molecule has 0 fully saturated rings. The molecule has 3 rings (SSSR count). The van der Waals surface area contributed by atoms with Crippen molar-refractivity contribution in [3.8, 4) is 0 Å². The number of hydrogen-bond acceptors (Lipinski definition) is 5. The van der Waals surface area contributed by atoms with Gasteiger partial charge in [0.1, 0.15) is 4.83 Å². The zero-order valence-electron chi connectivity index (χ0n) is 13.0. The van der Waals surface area contributed by atoms with Gasteiger partial charge >= 0.3 is 0 Å². The van der Waals surface area contributed by atoms with Gasteiger partial charge in [-0.15, -0.1) is 11.3 Å². The van der Waals surface area contributed by atoms with Gasteiger partial charge in [0, 0.05) is 10.7 Å². The SMILES string of the molecule is Cc1ccc(NC(=O)CSc2nc3scc(C)c3c(=O)[nH]2)cc1Cl. The summed E-state index contributed by atoms with van der Waals surface area (Å²) in [5.41, 5.74) is 2.33. The fourth-order valence-electron chi connectivity index (χ4n) is 2.14. The van der Waals surface area contributed by atoms with Crippen molar-refractivity contribution in [3.63, 3.8) is 0 Å². The van der Waals surface area contributed by atoms with Gasteiger partial charge in [-0.1, -0.05) is 29.4 Å². The fraction of sp³-hybridized carbons (Fsp3) is 0.188. The lowest BCUT2D eigenvalue weighted by atomic mass is 10.2. The number of halogens is 1. The van der Waals surface area contributed by atoms with Gasteiger partial charge in [-0.05, 0) is 42.5 Å². The van der Waals surface area contributed by atoms with E-state index in [1.165, 1.54) is 23.1 Å². The molecule has 1 amide bonds. The molecule has 1 aromatic carbocycles. The van der Waals surface area contributed by atoms with Crippen molar-refractivity contribution in [2.75, 3.05) is 11.1 Å². The molecular formula is C16H14ClN3O2S2. The lowest BCUT2D eigenvalue weighted by molar-refractivity contribution is -0.113. The number of amides is 1. The molecule has 24 heavy (non-hydrogen) atoms. The summed E-state index contributed by atoms with van der Waals surface area (Å²) in [5.74, 6) is -0.0466. The van der Waals surface area contributed by atoms with Crippen LogP contribution in [0, 0.1) is 13.8 Å². The number of rotatable bonds is 4. The van der Waals surface area contributed by atoms with Gasteiger partial charge < -0.3 is 10.3 Å². The molecule has 2 N–H and O–H groups in total. The van der Waals surface area contributed by atoms with Crippen LogP contribution in [0.5, 0.6) is 0 Å². The van der Waals surface area contributed by atoms with E-state index in [0.717, 1.165) is 11.1 Å². The van der Waals surface area contributed by atoms with Crippen LogP contribution in [0.3, 0.4) is 0 Å². The Morgan fingerprint density at radius 1 is 1.38 bits per heavy atom. The second-order valence-corrected chi connectivity index (χ2v) is 7.50. The highest BCUT2D eigenvalue weighted by atomic mass is 35.5. The number of benzene rings is 1. The molecule has 0 bridgehead atoms. The van der Waals surface area contributed by atoms with E-state index in [0.29, 0.717) is 26.1 Å². The minimum absolute atomic E-state index is 0.143. The molecule has 5 nitrogen and oxygen atoms in total. The van der Waals surface area contributed by atoms with Crippen molar-refractivity contribution in [3.05, 3.63) is 50.1 Å². The van der Waals surface area contributed by atoms with Crippen molar-refractivity contribution in [2.45, 2.75) is 19.0 Å². The average molecular weight is 380 g/mol. The number of hydrogen-bond donors (Lipinski definition) is 2. The van der Waals surface area contributed by atoms with Gasteiger partial charge in [0.15, 0.2) is 5.16 Å². The highest BCUT2D eigenvalue weighted by molar-refractivity contribution is 7.99.